The van der Waals surface area contributed by atoms with Crippen LogP contribution in [0.4, 0.5) is 18.9 Å². The summed E-state index contributed by atoms with van der Waals surface area (Å²) in [7, 11) is 1.75. The number of anilines is 1. The van der Waals surface area contributed by atoms with Crippen LogP contribution in [0.2, 0.25) is 0 Å². The third-order valence-electron chi connectivity index (χ3n) is 6.24. The van der Waals surface area contributed by atoms with Crippen LogP contribution in [0.3, 0.4) is 0 Å². The molecule has 40 heavy (non-hydrogen) atoms. The molecule has 208 valence electrons. The molecule has 3 aromatic heterocycles. The summed E-state index contributed by atoms with van der Waals surface area (Å²) < 4.78 is 60.7. The highest BCUT2D eigenvalue weighted by molar-refractivity contribution is 6.05. The Morgan fingerprint density at radius 2 is 1.95 bits per heavy atom. The van der Waals surface area contributed by atoms with E-state index < -0.39 is 17.6 Å². The van der Waals surface area contributed by atoms with Gasteiger partial charge in [0, 0.05) is 30.1 Å². The van der Waals surface area contributed by atoms with Crippen LogP contribution >= 0.6 is 0 Å². The van der Waals surface area contributed by atoms with Crippen molar-refractivity contribution in [1.29, 1.82) is 0 Å². The molecular formula is C27H25F3N6O4. The number of amides is 1. The molecule has 5 rings (SSSR count). The number of rotatable bonds is 10. The molecule has 1 aromatic carbocycles. The molecular weight excluding hydrogens is 529 g/mol. The predicted molar refractivity (Wildman–Crippen MR) is 138 cm³/mol. The van der Waals surface area contributed by atoms with Gasteiger partial charge in [-0.15, -0.1) is 0 Å². The number of oxazole rings is 1. The van der Waals surface area contributed by atoms with E-state index in [2.05, 4.69) is 30.8 Å². The molecule has 0 spiro atoms. The number of ether oxygens (including phenoxy) is 2. The van der Waals surface area contributed by atoms with Gasteiger partial charge < -0.3 is 24.5 Å². The molecule has 13 heteroatoms. The van der Waals surface area contributed by atoms with Crippen molar-refractivity contribution in [2.45, 2.75) is 31.5 Å². The highest BCUT2D eigenvalue weighted by Gasteiger charge is 2.40. The average Bonchev–Trinajstić information content (AvgIpc) is 3.42. The van der Waals surface area contributed by atoms with Crippen LogP contribution in [0.1, 0.15) is 35.3 Å². The van der Waals surface area contributed by atoms with E-state index in [1.165, 1.54) is 42.9 Å². The van der Waals surface area contributed by atoms with Crippen molar-refractivity contribution in [1.82, 2.24) is 25.5 Å². The van der Waals surface area contributed by atoms with Crippen molar-refractivity contribution in [3.05, 3.63) is 66.4 Å². The molecule has 10 nitrogen and oxygen atoms in total. The van der Waals surface area contributed by atoms with E-state index in [0.29, 0.717) is 24.9 Å². The first-order valence-electron chi connectivity index (χ1n) is 12.5. The second-order valence-electron chi connectivity index (χ2n) is 8.99. The van der Waals surface area contributed by atoms with Gasteiger partial charge in [-0.1, -0.05) is 0 Å². The van der Waals surface area contributed by atoms with Gasteiger partial charge >= 0.3 is 6.18 Å². The van der Waals surface area contributed by atoms with Crippen molar-refractivity contribution >= 4 is 11.6 Å². The number of halogens is 3. The lowest BCUT2D eigenvalue weighted by Crippen LogP contribution is -2.26. The zero-order valence-electron chi connectivity index (χ0n) is 21.4. The van der Waals surface area contributed by atoms with Crippen LogP contribution in [0.5, 0.6) is 11.6 Å². The van der Waals surface area contributed by atoms with Gasteiger partial charge in [-0.2, -0.15) is 23.4 Å². The number of hydrogen-bond acceptors (Lipinski definition) is 9. The van der Waals surface area contributed by atoms with Gasteiger partial charge in [0.05, 0.1) is 24.1 Å². The molecule has 4 aromatic rings. The molecule has 1 saturated carbocycles. The molecule has 1 aliphatic carbocycles. The molecule has 3 heterocycles. The Bertz CT molecular complexity index is 1470. The maximum Gasteiger partial charge on any atom is 0.420 e. The first-order chi connectivity index (χ1) is 19.3. The third-order valence-corrected chi connectivity index (χ3v) is 6.24. The van der Waals surface area contributed by atoms with Gasteiger partial charge in [0.1, 0.15) is 24.2 Å². The second kappa shape index (κ2) is 11.7. The van der Waals surface area contributed by atoms with Crippen LogP contribution in [0, 0.1) is 0 Å². The second-order valence-corrected chi connectivity index (χ2v) is 8.99. The fourth-order valence-electron chi connectivity index (χ4n) is 4.05. The number of aromatic nitrogens is 4. The summed E-state index contributed by atoms with van der Waals surface area (Å²) in [5, 5.41) is 12.9. The van der Waals surface area contributed by atoms with Crippen molar-refractivity contribution in [2.75, 3.05) is 25.5 Å². The molecule has 1 aliphatic rings. The number of pyridine rings is 1. The molecule has 0 radical (unpaired) electrons. The van der Waals surface area contributed by atoms with Crippen LogP contribution in [-0.4, -0.2) is 52.4 Å². The first-order valence-corrected chi connectivity index (χ1v) is 12.5. The Hall–Kier alpha value is -4.52. The lowest BCUT2D eigenvalue weighted by molar-refractivity contribution is -0.139. The van der Waals surface area contributed by atoms with Crippen LogP contribution < -0.4 is 20.1 Å². The zero-order valence-corrected chi connectivity index (χ0v) is 21.4. The van der Waals surface area contributed by atoms with Crippen LogP contribution in [0.15, 0.2) is 59.6 Å². The zero-order chi connectivity index (χ0) is 28.1. The maximum absolute atomic E-state index is 14.7. The number of alkyl halides is 3. The number of carbonyl (C=O) groups excluding carboxylic acids is 1. The van der Waals surface area contributed by atoms with Crippen LogP contribution in [-0.2, 0) is 6.18 Å². The van der Waals surface area contributed by atoms with Gasteiger partial charge in [0.25, 0.3) is 5.91 Å². The van der Waals surface area contributed by atoms with E-state index >= 15 is 0 Å². The molecule has 2 N–H and O–H groups in total. The van der Waals surface area contributed by atoms with E-state index in [1.54, 1.807) is 13.1 Å². The first kappa shape index (κ1) is 27.1. The summed E-state index contributed by atoms with van der Waals surface area (Å²) in [4.78, 5) is 21.4. The average molecular weight is 555 g/mol. The summed E-state index contributed by atoms with van der Waals surface area (Å²) in [6.07, 6.45) is 2.43. The third kappa shape index (κ3) is 6.04. The van der Waals surface area contributed by atoms with Gasteiger partial charge in [0.15, 0.2) is 5.69 Å². The number of likely N-dealkylation sites (N-methyl/N-ethyl adjacent to an activating group) is 1. The minimum atomic E-state index is -4.80. The molecule has 0 saturated heterocycles. The normalized spacial score (nSPS) is 13.5. The SMILES string of the molecule is CNCCOc1cc(-c2c(NC(=O)c3coc(-c4ccnnc4)n3)ccc(OC3CCC3)c2C(F)(F)F)ccn1. The summed E-state index contributed by atoms with van der Waals surface area (Å²) in [5.41, 5.74) is -0.893. The maximum atomic E-state index is 14.7. The van der Waals surface area contributed by atoms with E-state index in [0.717, 1.165) is 12.7 Å². The molecule has 0 unspecified atom stereocenters. The molecule has 0 bridgehead atoms. The Balaban J connectivity index is 1.55. The number of carbonyl (C=O) groups is 1. The van der Waals surface area contributed by atoms with E-state index in [9.17, 15) is 18.0 Å². The fourth-order valence-corrected chi connectivity index (χ4v) is 4.05. The molecule has 0 aliphatic heterocycles. The fraction of sp³-hybridized carbons (Fsp3) is 0.296. The largest absolute Gasteiger partial charge is 0.490 e. The van der Waals surface area contributed by atoms with Crippen molar-refractivity contribution in [2.24, 2.45) is 0 Å². The smallest absolute Gasteiger partial charge is 0.420 e. The number of nitrogens with zero attached hydrogens (tertiary/aromatic N) is 4. The number of hydrogen-bond donors (Lipinski definition) is 2. The Labute approximate surface area is 227 Å². The standard InChI is InChI=1S/C27H25F3N6O4/c1-31-11-12-38-22-13-16(7-9-32-22)23-19(5-6-21(24(23)27(28,29)30)40-18-3-2-4-18)35-25(37)20-15-39-26(36-20)17-8-10-33-34-14-17/h5-10,13-15,18,31H,2-4,11-12H2,1H3,(H,35,37). The van der Waals surface area contributed by atoms with E-state index in [-0.39, 0.29) is 52.7 Å². The highest BCUT2D eigenvalue weighted by Crippen LogP contribution is 2.47. The minimum absolute atomic E-state index is 0.0965. The van der Waals surface area contributed by atoms with Gasteiger partial charge in [-0.3, -0.25) is 4.79 Å². The molecule has 1 amide bonds. The van der Waals surface area contributed by atoms with Crippen molar-refractivity contribution in [3.63, 3.8) is 0 Å². The summed E-state index contributed by atoms with van der Waals surface area (Å²) in [5.74, 6) is -0.833. The lowest BCUT2D eigenvalue weighted by atomic mass is 9.94. The highest BCUT2D eigenvalue weighted by atomic mass is 19.4. The molecule has 1 fully saturated rings. The van der Waals surface area contributed by atoms with Crippen molar-refractivity contribution in [3.8, 4) is 34.2 Å². The number of benzene rings is 1. The summed E-state index contributed by atoms with van der Waals surface area (Å²) >= 11 is 0. The topological polar surface area (TPSA) is 124 Å². The van der Waals surface area contributed by atoms with Gasteiger partial charge in [-0.05, 0) is 56.1 Å². The summed E-state index contributed by atoms with van der Waals surface area (Å²) in [6, 6.07) is 7.01. The number of nitrogens with one attached hydrogen (secondary N) is 2. The predicted octanol–water partition coefficient (Wildman–Crippen LogP) is 4.99. The summed E-state index contributed by atoms with van der Waals surface area (Å²) in [6.45, 7) is 0.774. The quantitative estimate of drug-likeness (QED) is 0.261. The van der Waals surface area contributed by atoms with Gasteiger partial charge in [0.2, 0.25) is 11.8 Å². The van der Waals surface area contributed by atoms with E-state index in [4.69, 9.17) is 13.9 Å². The molecule has 0 atom stereocenters. The van der Waals surface area contributed by atoms with Crippen LogP contribution in [0.25, 0.3) is 22.6 Å². The Morgan fingerprint density at radius 3 is 2.65 bits per heavy atom. The van der Waals surface area contributed by atoms with Gasteiger partial charge in [-0.25, -0.2) is 9.97 Å². The Kier molecular flexibility index (Phi) is 7.91. The minimum Gasteiger partial charge on any atom is -0.490 e. The lowest BCUT2D eigenvalue weighted by Gasteiger charge is -2.29. The van der Waals surface area contributed by atoms with Crippen molar-refractivity contribution < 1.29 is 31.9 Å². The van der Waals surface area contributed by atoms with E-state index in [1.807, 2.05) is 0 Å². The Morgan fingerprint density at radius 1 is 1.12 bits per heavy atom. The monoisotopic (exact) mass is 554 g/mol.